The minimum atomic E-state index is -0.385. The van der Waals surface area contributed by atoms with Crippen LogP contribution in [0.5, 0.6) is 5.75 Å². The molecule has 0 amide bonds. The topological polar surface area (TPSA) is 64.8 Å². The second-order valence-electron chi connectivity index (χ2n) is 5.11. The molecule has 1 aromatic rings. The molecule has 2 N–H and O–H groups in total. The smallest absolute Gasteiger partial charge is 0.342 e. The van der Waals surface area contributed by atoms with Crippen LogP contribution in [0.4, 0.5) is 5.69 Å². The van der Waals surface area contributed by atoms with Gasteiger partial charge in [0.2, 0.25) is 0 Å². The van der Waals surface area contributed by atoms with Gasteiger partial charge in [0, 0.05) is 22.8 Å². The van der Waals surface area contributed by atoms with Gasteiger partial charge in [-0.1, -0.05) is 6.42 Å². The van der Waals surface area contributed by atoms with Crippen LogP contribution in [0.25, 0.3) is 0 Å². The van der Waals surface area contributed by atoms with Crippen molar-refractivity contribution in [3.8, 4) is 5.75 Å². The summed E-state index contributed by atoms with van der Waals surface area (Å²) in [6, 6.07) is 3.25. The van der Waals surface area contributed by atoms with E-state index in [-0.39, 0.29) is 5.97 Å². The van der Waals surface area contributed by atoms with E-state index in [0.29, 0.717) is 28.1 Å². The van der Waals surface area contributed by atoms with Gasteiger partial charge in [-0.2, -0.15) is 0 Å². The lowest BCUT2D eigenvalue weighted by atomic mass is 10.1. The standard InChI is InChI=1S/C15H21BrN2O3/c1-20-14-10-13(17)12(16)9-11(14)15(19)21-8-7-18-5-3-2-4-6-18/h9-10H,2-8,17H2,1H3. The average Bonchev–Trinajstić information content (AvgIpc) is 2.50. The number of nitrogens with zero attached hydrogens (tertiary/aromatic N) is 1. The van der Waals surface area contributed by atoms with Crippen molar-refractivity contribution >= 4 is 27.6 Å². The normalized spacial score (nSPS) is 15.7. The first kappa shape index (κ1) is 16.1. The van der Waals surface area contributed by atoms with Gasteiger partial charge in [0.05, 0.1) is 7.11 Å². The SMILES string of the molecule is COc1cc(N)c(Br)cc1C(=O)OCCN1CCCCC1. The summed E-state index contributed by atoms with van der Waals surface area (Å²) in [6.45, 7) is 3.36. The largest absolute Gasteiger partial charge is 0.496 e. The third-order valence-electron chi connectivity index (χ3n) is 3.63. The predicted molar refractivity (Wildman–Crippen MR) is 85.7 cm³/mol. The highest BCUT2D eigenvalue weighted by molar-refractivity contribution is 9.10. The Balaban J connectivity index is 1.92. The van der Waals surface area contributed by atoms with E-state index in [1.165, 1.54) is 26.4 Å². The van der Waals surface area contributed by atoms with Crippen molar-refractivity contribution in [2.24, 2.45) is 0 Å². The van der Waals surface area contributed by atoms with Crippen LogP contribution in [-0.4, -0.2) is 44.2 Å². The quantitative estimate of drug-likeness (QED) is 0.648. The average molecular weight is 357 g/mol. The maximum atomic E-state index is 12.1. The van der Waals surface area contributed by atoms with Gasteiger partial charge in [-0.25, -0.2) is 4.79 Å². The predicted octanol–water partition coefficient (Wildman–Crippen LogP) is 2.68. The van der Waals surface area contributed by atoms with Crippen molar-refractivity contribution in [1.29, 1.82) is 0 Å². The number of likely N-dealkylation sites (tertiary alicyclic amines) is 1. The van der Waals surface area contributed by atoms with Crippen LogP contribution in [0.3, 0.4) is 0 Å². The van der Waals surface area contributed by atoms with Crippen LogP contribution in [-0.2, 0) is 4.74 Å². The molecule has 0 aliphatic carbocycles. The first-order chi connectivity index (χ1) is 10.1. The van der Waals surface area contributed by atoms with Crippen molar-refractivity contribution in [2.45, 2.75) is 19.3 Å². The number of piperidine rings is 1. The molecule has 116 valence electrons. The van der Waals surface area contributed by atoms with Crippen molar-refractivity contribution < 1.29 is 14.3 Å². The van der Waals surface area contributed by atoms with Crippen molar-refractivity contribution in [3.05, 3.63) is 22.2 Å². The molecule has 0 unspecified atom stereocenters. The number of carbonyl (C=O) groups excluding carboxylic acids is 1. The summed E-state index contributed by atoms with van der Waals surface area (Å²) in [4.78, 5) is 14.5. The van der Waals surface area contributed by atoms with Gasteiger partial charge < -0.3 is 15.2 Å². The molecule has 1 saturated heterocycles. The summed E-state index contributed by atoms with van der Waals surface area (Å²) in [5.41, 5.74) is 6.69. The zero-order valence-electron chi connectivity index (χ0n) is 12.2. The van der Waals surface area contributed by atoms with E-state index in [9.17, 15) is 4.79 Å². The molecule has 0 bridgehead atoms. The molecule has 0 saturated carbocycles. The molecule has 0 aromatic heterocycles. The summed E-state index contributed by atoms with van der Waals surface area (Å²) in [5, 5.41) is 0. The molecule has 5 nitrogen and oxygen atoms in total. The van der Waals surface area contributed by atoms with Gasteiger partial charge in [0.1, 0.15) is 17.9 Å². The number of nitrogens with two attached hydrogens (primary N) is 1. The van der Waals surface area contributed by atoms with E-state index in [4.69, 9.17) is 15.2 Å². The van der Waals surface area contributed by atoms with Gasteiger partial charge in [0.25, 0.3) is 0 Å². The summed E-state index contributed by atoms with van der Waals surface area (Å²) in [6.07, 6.45) is 3.76. The molecule has 0 atom stereocenters. The Kier molecular flexibility index (Phi) is 5.87. The van der Waals surface area contributed by atoms with E-state index < -0.39 is 0 Å². The number of nitrogen functional groups attached to an aromatic ring is 1. The van der Waals surface area contributed by atoms with Crippen LogP contribution in [0.2, 0.25) is 0 Å². The minimum Gasteiger partial charge on any atom is -0.496 e. The minimum absolute atomic E-state index is 0.385. The number of rotatable bonds is 5. The van der Waals surface area contributed by atoms with Crippen LogP contribution < -0.4 is 10.5 Å². The molecule has 6 heteroatoms. The van der Waals surface area contributed by atoms with Gasteiger partial charge in [0.15, 0.2) is 0 Å². The number of ether oxygens (including phenoxy) is 2. The van der Waals surface area contributed by atoms with E-state index in [1.807, 2.05) is 0 Å². The Morgan fingerprint density at radius 2 is 2.05 bits per heavy atom. The lowest BCUT2D eigenvalue weighted by Gasteiger charge is -2.25. The van der Waals surface area contributed by atoms with E-state index in [0.717, 1.165) is 19.6 Å². The summed E-state index contributed by atoms with van der Waals surface area (Å²) < 4.78 is 11.2. The fraction of sp³-hybridized carbons (Fsp3) is 0.533. The molecule has 1 aliphatic heterocycles. The second kappa shape index (κ2) is 7.66. The van der Waals surface area contributed by atoms with Crippen molar-refractivity contribution in [2.75, 3.05) is 39.1 Å². The lowest BCUT2D eigenvalue weighted by molar-refractivity contribution is 0.0448. The first-order valence-electron chi connectivity index (χ1n) is 7.14. The molecular formula is C15H21BrN2O3. The zero-order valence-corrected chi connectivity index (χ0v) is 13.8. The molecule has 1 aromatic carbocycles. The molecule has 21 heavy (non-hydrogen) atoms. The number of methoxy groups -OCH3 is 1. The third kappa shape index (κ3) is 4.35. The molecule has 0 spiro atoms. The summed E-state index contributed by atoms with van der Waals surface area (Å²) in [5.74, 6) is 0.0447. The number of esters is 1. The Labute approximate surface area is 133 Å². The number of benzene rings is 1. The Morgan fingerprint density at radius 1 is 1.33 bits per heavy atom. The zero-order chi connectivity index (χ0) is 15.2. The third-order valence-corrected chi connectivity index (χ3v) is 4.31. The molecule has 0 radical (unpaired) electrons. The first-order valence-corrected chi connectivity index (χ1v) is 7.93. The number of hydrogen-bond acceptors (Lipinski definition) is 5. The van der Waals surface area contributed by atoms with E-state index in [1.54, 1.807) is 12.1 Å². The van der Waals surface area contributed by atoms with E-state index >= 15 is 0 Å². The van der Waals surface area contributed by atoms with Gasteiger partial charge in [-0.3, -0.25) is 4.90 Å². The highest BCUT2D eigenvalue weighted by atomic mass is 79.9. The summed E-state index contributed by atoms with van der Waals surface area (Å²) >= 11 is 3.31. The highest BCUT2D eigenvalue weighted by Crippen LogP contribution is 2.29. The van der Waals surface area contributed by atoms with Crippen LogP contribution >= 0.6 is 15.9 Å². The number of anilines is 1. The molecule has 1 heterocycles. The van der Waals surface area contributed by atoms with Crippen LogP contribution in [0, 0.1) is 0 Å². The van der Waals surface area contributed by atoms with Gasteiger partial charge in [-0.15, -0.1) is 0 Å². The van der Waals surface area contributed by atoms with E-state index in [2.05, 4.69) is 20.8 Å². The molecule has 2 rings (SSSR count). The monoisotopic (exact) mass is 356 g/mol. The maximum absolute atomic E-state index is 12.1. The van der Waals surface area contributed by atoms with Crippen molar-refractivity contribution in [1.82, 2.24) is 4.90 Å². The lowest BCUT2D eigenvalue weighted by Crippen LogP contribution is -2.33. The van der Waals surface area contributed by atoms with Crippen LogP contribution in [0.15, 0.2) is 16.6 Å². The number of hydrogen-bond donors (Lipinski definition) is 1. The molecule has 1 aliphatic rings. The highest BCUT2D eigenvalue weighted by Gasteiger charge is 2.17. The van der Waals surface area contributed by atoms with Crippen LogP contribution in [0.1, 0.15) is 29.6 Å². The fourth-order valence-electron chi connectivity index (χ4n) is 2.43. The summed E-state index contributed by atoms with van der Waals surface area (Å²) in [7, 11) is 1.51. The van der Waals surface area contributed by atoms with Gasteiger partial charge in [-0.05, 0) is 47.9 Å². The Bertz CT molecular complexity index is 502. The van der Waals surface area contributed by atoms with Crippen molar-refractivity contribution in [3.63, 3.8) is 0 Å². The second-order valence-corrected chi connectivity index (χ2v) is 5.97. The molecule has 1 fully saturated rings. The molecular weight excluding hydrogens is 336 g/mol. The Hall–Kier alpha value is -1.27. The van der Waals surface area contributed by atoms with Gasteiger partial charge >= 0.3 is 5.97 Å². The maximum Gasteiger partial charge on any atom is 0.342 e. The Morgan fingerprint density at radius 3 is 2.71 bits per heavy atom. The number of carbonyl (C=O) groups is 1. The fourth-order valence-corrected chi connectivity index (χ4v) is 2.77. The number of halogens is 1.